The van der Waals surface area contributed by atoms with Crippen LogP contribution in [0, 0.1) is 18.3 Å². The largest absolute Gasteiger partial charge is 0.241 e. The van der Waals surface area contributed by atoms with Crippen LogP contribution in [0.1, 0.15) is 11.4 Å². The molecule has 0 amide bonds. The van der Waals surface area contributed by atoms with E-state index >= 15 is 0 Å². The molecule has 0 radical (unpaired) electrons. The zero-order chi connectivity index (χ0) is 7.56. The lowest BCUT2D eigenvalue weighted by molar-refractivity contribution is 1.11. The molecule has 0 aliphatic rings. The predicted octanol–water partition coefficient (Wildman–Crippen LogP) is 1.55. The molecule has 2 nitrogen and oxygen atoms in total. The van der Waals surface area contributed by atoms with Crippen molar-refractivity contribution in [2.75, 3.05) is 0 Å². The molecule has 10 heavy (non-hydrogen) atoms. The molecular weight excluding hydrogens is 144 g/mol. The van der Waals surface area contributed by atoms with Gasteiger partial charge in [0.15, 0.2) is 5.69 Å². The van der Waals surface area contributed by atoms with Gasteiger partial charge in [-0.2, -0.15) is 5.26 Å². The Balaban J connectivity index is 3.25. The Morgan fingerprint density at radius 1 is 1.60 bits per heavy atom. The molecule has 1 aromatic rings. The maximum Gasteiger partial charge on any atom is 0.154 e. The smallest absolute Gasteiger partial charge is 0.154 e. The van der Waals surface area contributed by atoms with Crippen molar-refractivity contribution in [2.24, 2.45) is 0 Å². The van der Waals surface area contributed by atoms with Gasteiger partial charge >= 0.3 is 0 Å². The van der Waals surface area contributed by atoms with Gasteiger partial charge in [0.05, 0.1) is 0 Å². The fourth-order valence-electron chi connectivity index (χ4n) is 0.632. The summed E-state index contributed by atoms with van der Waals surface area (Å²) in [6.45, 7) is 1.84. The summed E-state index contributed by atoms with van der Waals surface area (Å²) in [5, 5.41) is 8.48. The van der Waals surface area contributed by atoms with E-state index in [-0.39, 0.29) is 0 Å². The molecule has 0 spiro atoms. The fourth-order valence-corrected chi connectivity index (χ4v) is 0.806. The summed E-state index contributed by atoms with van der Waals surface area (Å²) in [6, 6.07) is 5.54. The first-order valence-electron chi connectivity index (χ1n) is 2.81. The first-order chi connectivity index (χ1) is 4.74. The summed E-state index contributed by atoms with van der Waals surface area (Å²) >= 11 is 4.04. The van der Waals surface area contributed by atoms with Crippen molar-refractivity contribution in [3.8, 4) is 6.07 Å². The van der Waals surface area contributed by atoms with E-state index in [4.69, 9.17) is 5.26 Å². The van der Waals surface area contributed by atoms with Gasteiger partial charge in [0.1, 0.15) is 6.07 Å². The number of rotatable bonds is 0. The van der Waals surface area contributed by atoms with E-state index in [0.717, 1.165) is 5.69 Å². The second-order valence-electron chi connectivity index (χ2n) is 1.93. The van der Waals surface area contributed by atoms with Crippen molar-refractivity contribution >= 4 is 12.6 Å². The Hall–Kier alpha value is -1.01. The van der Waals surface area contributed by atoms with Crippen LogP contribution in [0.4, 0.5) is 0 Å². The average Bonchev–Trinajstić information content (AvgIpc) is 1.94. The number of hydrogen-bond donors (Lipinski definition) is 1. The summed E-state index contributed by atoms with van der Waals surface area (Å²) in [7, 11) is 0. The lowest BCUT2D eigenvalue weighted by atomic mass is 10.3. The van der Waals surface area contributed by atoms with Crippen molar-refractivity contribution in [1.29, 1.82) is 5.26 Å². The molecule has 0 saturated carbocycles. The molecule has 1 heterocycles. The van der Waals surface area contributed by atoms with Crippen LogP contribution in [0.25, 0.3) is 0 Å². The average molecular weight is 150 g/mol. The molecule has 0 saturated heterocycles. The van der Waals surface area contributed by atoms with Gasteiger partial charge in [0, 0.05) is 10.6 Å². The second kappa shape index (κ2) is 2.72. The summed E-state index contributed by atoms with van der Waals surface area (Å²) in [5.74, 6) is 0. The molecule has 0 bridgehead atoms. The van der Waals surface area contributed by atoms with Crippen LogP contribution in [0.3, 0.4) is 0 Å². The third-order valence-corrected chi connectivity index (χ3v) is 1.48. The summed E-state index contributed by atoms with van der Waals surface area (Å²) in [5.41, 5.74) is 1.23. The highest BCUT2D eigenvalue weighted by Gasteiger charge is 1.96. The molecule has 0 atom stereocenters. The molecule has 1 aromatic heterocycles. The molecule has 0 unspecified atom stereocenters. The molecule has 0 fully saturated rings. The lowest BCUT2D eigenvalue weighted by Gasteiger charge is -1.94. The van der Waals surface area contributed by atoms with E-state index in [0.29, 0.717) is 10.6 Å². The van der Waals surface area contributed by atoms with Crippen LogP contribution in [0.15, 0.2) is 17.0 Å². The maximum absolute atomic E-state index is 8.48. The van der Waals surface area contributed by atoms with E-state index in [2.05, 4.69) is 17.6 Å². The highest BCUT2D eigenvalue weighted by molar-refractivity contribution is 7.80. The third kappa shape index (κ3) is 1.28. The van der Waals surface area contributed by atoms with E-state index in [1.54, 1.807) is 6.07 Å². The Kier molecular flexibility index (Phi) is 1.93. The molecular formula is C7H6N2S. The second-order valence-corrected chi connectivity index (χ2v) is 2.41. The Labute approximate surface area is 64.9 Å². The monoisotopic (exact) mass is 150 g/mol. The van der Waals surface area contributed by atoms with Crippen molar-refractivity contribution in [3.63, 3.8) is 0 Å². The van der Waals surface area contributed by atoms with Gasteiger partial charge < -0.3 is 0 Å². The quantitative estimate of drug-likeness (QED) is 0.570. The number of nitriles is 1. The highest BCUT2D eigenvalue weighted by atomic mass is 32.1. The topological polar surface area (TPSA) is 36.7 Å². The summed E-state index contributed by atoms with van der Waals surface area (Å²) in [6.07, 6.45) is 0. The normalized spacial score (nSPS) is 8.90. The predicted molar refractivity (Wildman–Crippen MR) is 40.9 cm³/mol. The number of hydrogen-bond acceptors (Lipinski definition) is 3. The van der Waals surface area contributed by atoms with Crippen LogP contribution in [0.2, 0.25) is 0 Å². The van der Waals surface area contributed by atoms with Crippen molar-refractivity contribution in [2.45, 2.75) is 11.8 Å². The summed E-state index contributed by atoms with van der Waals surface area (Å²) < 4.78 is 0. The number of pyridine rings is 1. The fraction of sp³-hybridized carbons (Fsp3) is 0.143. The van der Waals surface area contributed by atoms with Crippen LogP contribution in [-0.4, -0.2) is 4.98 Å². The van der Waals surface area contributed by atoms with Crippen LogP contribution in [0.5, 0.6) is 0 Å². The Morgan fingerprint density at radius 2 is 2.30 bits per heavy atom. The van der Waals surface area contributed by atoms with Crippen molar-refractivity contribution < 1.29 is 0 Å². The molecule has 1 rings (SSSR count). The van der Waals surface area contributed by atoms with Crippen LogP contribution >= 0.6 is 12.6 Å². The number of thiol groups is 1. The minimum atomic E-state index is 0.392. The van der Waals surface area contributed by atoms with E-state index < -0.39 is 0 Å². The first kappa shape index (κ1) is 7.10. The van der Waals surface area contributed by atoms with E-state index in [1.165, 1.54) is 0 Å². The highest BCUT2D eigenvalue weighted by Crippen LogP contribution is 2.09. The van der Waals surface area contributed by atoms with Crippen LogP contribution < -0.4 is 0 Å². The molecule has 50 valence electrons. The number of nitrogens with zero attached hydrogens (tertiary/aromatic N) is 2. The molecule has 3 heteroatoms. The Morgan fingerprint density at radius 3 is 2.80 bits per heavy atom. The van der Waals surface area contributed by atoms with Gasteiger partial charge in [0.2, 0.25) is 0 Å². The van der Waals surface area contributed by atoms with Crippen molar-refractivity contribution in [1.82, 2.24) is 4.98 Å². The Bertz CT molecular complexity index is 288. The van der Waals surface area contributed by atoms with Gasteiger partial charge in [0.25, 0.3) is 0 Å². The lowest BCUT2D eigenvalue weighted by Crippen LogP contribution is -1.86. The third-order valence-electron chi connectivity index (χ3n) is 1.12. The van der Waals surface area contributed by atoms with Gasteiger partial charge in [-0.05, 0) is 19.1 Å². The van der Waals surface area contributed by atoms with Gasteiger partial charge in [-0.1, -0.05) is 0 Å². The minimum Gasteiger partial charge on any atom is -0.241 e. The standard InChI is InChI=1S/C7H6N2S/c1-5-2-3-7(10)6(4-8)9-5/h2-3,10H,1H3. The maximum atomic E-state index is 8.48. The van der Waals surface area contributed by atoms with Gasteiger partial charge in [-0.15, -0.1) is 12.6 Å². The van der Waals surface area contributed by atoms with Gasteiger partial charge in [-0.3, -0.25) is 0 Å². The SMILES string of the molecule is Cc1ccc(S)c(C#N)n1. The van der Waals surface area contributed by atoms with E-state index in [1.807, 2.05) is 19.1 Å². The van der Waals surface area contributed by atoms with Gasteiger partial charge in [-0.25, -0.2) is 4.98 Å². The minimum absolute atomic E-state index is 0.392. The van der Waals surface area contributed by atoms with E-state index in [9.17, 15) is 0 Å². The number of aryl methyl sites for hydroxylation is 1. The zero-order valence-corrected chi connectivity index (χ0v) is 6.39. The molecule has 0 aliphatic carbocycles. The zero-order valence-electron chi connectivity index (χ0n) is 5.50. The number of aromatic nitrogens is 1. The molecule has 0 aliphatic heterocycles. The van der Waals surface area contributed by atoms with Crippen LogP contribution in [-0.2, 0) is 0 Å². The summed E-state index contributed by atoms with van der Waals surface area (Å²) in [4.78, 5) is 4.59. The first-order valence-corrected chi connectivity index (χ1v) is 3.25. The molecule has 0 N–H and O–H groups in total. The molecule has 0 aromatic carbocycles. The van der Waals surface area contributed by atoms with Crippen molar-refractivity contribution in [3.05, 3.63) is 23.5 Å².